The molecule has 0 aromatic carbocycles. The molecule has 1 N–H and O–H groups in total. The summed E-state index contributed by atoms with van der Waals surface area (Å²) in [6.07, 6.45) is 4.69. The number of hydrogen-bond acceptors (Lipinski definition) is 3. The van der Waals surface area contributed by atoms with Gasteiger partial charge < -0.3 is 9.72 Å². The Morgan fingerprint density at radius 1 is 1.25 bits per heavy atom. The van der Waals surface area contributed by atoms with Crippen molar-refractivity contribution >= 4 is 0 Å². The Labute approximate surface area is 121 Å². The second-order valence-corrected chi connectivity index (χ2v) is 6.69. The predicted molar refractivity (Wildman–Crippen MR) is 79.9 cm³/mol. The van der Waals surface area contributed by atoms with Crippen LogP contribution < -0.4 is 5.56 Å². The SMILES string of the molecule is CCc1c(C)nc(C2(OC)CCC(C)(C)CC2)[nH]c1=O. The van der Waals surface area contributed by atoms with Gasteiger partial charge in [0.25, 0.3) is 5.56 Å². The minimum absolute atomic E-state index is 0.0174. The normalized spacial score (nSPS) is 20.9. The monoisotopic (exact) mass is 278 g/mol. The molecule has 1 aliphatic carbocycles. The van der Waals surface area contributed by atoms with Crippen LogP contribution in [0.1, 0.15) is 63.5 Å². The van der Waals surface area contributed by atoms with Gasteiger partial charge in [0.2, 0.25) is 0 Å². The number of nitrogens with zero attached hydrogens (tertiary/aromatic N) is 1. The fraction of sp³-hybridized carbons (Fsp3) is 0.750. The largest absolute Gasteiger partial charge is 0.370 e. The fourth-order valence-electron chi connectivity index (χ4n) is 3.11. The number of methoxy groups -OCH3 is 1. The molecule has 20 heavy (non-hydrogen) atoms. The van der Waals surface area contributed by atoms with Gasteiger partial charge in [0.15, 0.2) is 0 Å². The van der Waals surface area contributed by atoms with E-state index in [-0.39, 0.29) is 5.56 Å². The molecule has 1 aliphatic rings. The van der Waals surface area contributed by atoms with Crippen molar-refractivity contribution in [1.29, 1.82) is 0 Å². The highest BCUT2D eigenvalue weighted by molar-refractivity contribution is 5.19. The van der Waals surface area contributed by atoms with Crippen LogP contribution in [0.4, 0.5) is 0 Å². The summed E-state index contributed by atoms with van der Waals surface area (Å²) in [6.45, 7) is 8.46. The zero-order valence-electron chi connectivity index (χ0n) is 13.3. The van der Waals surface area contributed by atoms with E-state index in [2.05, 4.69) is 23.8 Å². The van der Waals surface area contributed by atoms with Gasteiger partial charge in [-0.25, -0.2) is 4.98 Å². The maximum absolute atomic E-state index is 12.2. The number of rotatable bonds is 3. The highest BCUT2D eigenvalue weighted by atomic mass is 16.5. The highest BCUT2D eigenvalue weighted by Gasteiger charge is 2.41. The van der Waals surface area contributed by atoms with Crippen LogP contribution in [-0.2, 0) is 16.8 Å². The van der Waals surface area contributed by atoms with E-state index < -0.39 is 5.60 Å². The van der Waals surface area contributed by atoms with Crippen molar-refractivity contribution < 1.29 is 4.74 Å². The molecule has 0 spiro atoms. The first kappa shape index (κ1) is 15.2. The predicted octanol–water partition coefficient (Wildman–Crippen LogP) is 3.08. The van der Waals surface area contributed by atoms with Gasteiger partial charge in [-0.1, -0.05) is 20.8 Å². The van der Waals surface area contributed by atoms with Crippen LogP contribution in [-0.4, -0.2) is 17.1 Å². The standard InChI is InChI=1S/C16H26N2O2/c1-6-12-11(2)17-14(18-13(12)19)16(20-5)9-7-15(3,4)8-10-16/h6-10H2,1-5H3,(H,17,18,19). The molecule has 0 amide bonds. The lowest BCUT2D eigenvalue weighted by Crippen LogP contribution is -2.39. The molecule has 1 aromatic heterocycles. The lowest BCUT2D eigenvalue weighted by Gasteiger charge is -2.41. The maximum atomic E-state index is 12.2. The number of ether oxygens (including phenoxy) is 1. The van der Waals surface area contributed by atoms with Crippen LogP contribution in [0, 0.1) is 12.3 Å². The van der Waals surface area contributed by atoms with Crippen LogP contribution in [0.3, 0.4) is 0 Å². The number of hydrogen-bond donors (Lipinski definition) is 1. The summed E-state index contributed by atoms with van der Waals surface area (Å²) in [5.41, 5.74) is 1.51. The average Bonchev–Trinajstić information content (AvgIpc) is 2.39. The zero-order chi connectivity index (χ0) is 15.0. The van der Waals surface area contributed by atoms with Gasteiger partial charge >= 0.3 is 0 Å². The molecule has 0 unspecified atom stereocenters. The minimum atomic E-state index is -0.425. The third-order valence-electron chi connectivity index (χ3n) is 4.81. The topological polar surface area (TPSA) is 55.0 Å². The van der Waals surface area contributed by atoms with Crippen LogP contribution in [0.2, 0.25) is 0 Å². The molecule has 1 saturated carbocycles. The van der Waals surface area contributed by atoms with Gasteiger partial charge in [0, 0.05) is 18.4 Å². The molecular formula is C16H26N2O2. The zero-order valence-corrected chi connectivity index (χ0v) is 13.3. The van der Waals surface area contributed by atoms with E-state index in [9.17, 15) is 4.79 Å². The third kappa shape index (κ3) is 2.66. The Kier molecular flexibility index (Phi) is 4.05. The Morgan fingerprint density at radius 3 is 2.30 bits per heavy atom. The van der Waals surface area contributed by atoms with Crippen molar-refractivity contribution in [2.24, 2.45) is 5.41 Å². The third-order valence-corrected chi connectivity index (χ3v) is 4.81. The van der Waals surface area contributed by atoms with Crippen molar-refractivity contribution in [3.8, 4) is 0 Å². The summed E-state index contributed by atoms with van der Waals surface area (Å²) in [5, 5.41) is 0. The molecule has 4 nitrogen and oxygen atoms in total. The molecule has 0 radical (unpaired) electrons. The van der Waals surface area contributed by atoms with Crippen LogP contribution in [0.25, 0.3) is 0 Å². The number of aryl methyl sites for hydroxylation is 1. The Balaban J connectivity index is 2.41. The van der Waals surface area contributed by atoms with Crippen LogP contribution >= 0.6 is 0 Å². The summed E-state index contributed by atoms with van der Waals surface area (Å²) in [5.74, 6) is 0.704. The van der Waals surface area contributed by atoms with E-state index in [1.165, 1.54) is 0 Å². The smallest absolute Gasteiger partial charge is 0.254 e. The van der Waals surface area contributed by atoms with Gasteiger partial charge in [0.05, 0.1) is 0 Å². The summed E-state index contributed by atoms with van der Waals surface area (Å²) in [4.78, 5) is 19.8. The number of nitrogens with one attached hydrogen (secondary N) is 1. The molecule has 1 fully saturated rings. The Bertz CT molecular complexity index is 536. The summed E-state index contributed by atoms with van der Waals surface area (Å²) >= 11 is 0. The van der Waals surface area contributed by atoms with Crippen LogP contribution in [0.15, 0.2) is 4.79 Å². The summed E-state index contributed by atoms with van der Waals surface area (Å²) in [6, 6.07) is 0. The van der Waals surface area contributed by atoms with Crippen molar-refractivity contribution in [2.75, 3.05) is 7.11 Å². The van der Waals surface area contributed by atoms with E-state index in [1.807, 2.05) is 13.8 Å². The lowest BCUT2D eigenvalue weighted by atomic mass is 9.70. The van der Waals surface area contributed by atoms with E-state index >= 15 is 0 Å². The van der Waals surface area contributed by atoms with Crippen molar-refractivity contribution in [2.45, 2.75) is 65.4 Å². The molecule has 0 aliphatic heterocycles. The van der Waals surface area contributed by atoms with E-state index in [0.29, 0.717) is 17.7 Å². The van der Waals surface area contributed by atoms with Gasteiger partial charge in [-0.2, -0.15) is 0 Å². The Morgan fingerprint density at radius 2 is 1.85 bits per heavy atom. The molecule has 0 atom stereocenters. The molecular weight excluding hydrogens is 252 g/mol. The van der Waals surface area contributed by atoms with E-state index in [4.69, 9.17) is 4.74 Å². The first-order valence-electron chi connectivity index (χ1n) is 7.49. The van der Waals surface area contributed by atoms with Gasteiger partial charge in [-0.3, -0.25) is 4.79 Å². The summed E-state index contributed by atoms with van der Waals surface area (Å²) in [7, 11) is 1.72. The average molecular weight is 278 g/mol. The first-order valence-corrected chi connectivity index (χ1v) is 7.49. The second-order valence-electron chi connectivity index (χ2n) is 6.69. The van der Waals surface area contributed by atoms with Crippen molar-refractivity contribution in [3.63, 3.8) is 0 Å². The molecule has 112 valence electrons. The van der Waals surface area contributed by atoms with Gasteiger partial charge in [0.1, 0.15) is 11.4 Å². The minimum Gasteiger partial charge on any atom is -0.370 e. The van der Waals surface area contributed by atoms with E-state index in [0.717, 1.165) is 36.9 Å². The number of aromatic nitrogens is 2. The number of H-pyrrole nitrogens is 1. The highest BCUT2D eigenvalue weighted by Crippen LogP contribution is 2.45. The van der Waals surface area contributed by atoms with Crippen molar-refractivity contribution in [3.05, 3.63) is 27.4 Å². The second kappa shape index (κ2) is 5.32. The van der Waals surface area contributed by atoms with E-state index in [1.54, 1.807) is 7.11 Å². The summed E-state index contributed by atoms with van der Waals surface area (Å²) < 4.78 is 5.81. The Hall–Kier alpha value is -1.16. The van der Waals surface area contributed by atoms with Crippen molar-refractivity contribution in [1.82, 2.24) is 9.97 Å². The molecule has 1 aromatic rings. The van der Waals surface area contributed by atoms with Gasteiger partial charge in [-0.05, 0) is 44.4 Å². The molecule has 0 saturated heterocycles. The molecule has 1 heterocycles. The van der Waals surface area contributed by atoms with Crippen LogP contribution in [0.5, 0.6) is 0 Å². The number of aromatic amines is 1. The maximum Gasteiger partial charge on any atom is 0.254 e. The molecule has 4 heteroatoms. The first-order chi connectivity index (χ1) is 9.33. The molecule has 2 rings (SSSR count). The molecule has 0 bridgehead atoms. The lowest BCUT2D eigenvalue weighted by molar-refractivity contribution is -0.0732. The van der Waals surface area contributed by atoms with Gasteiger partial charge in [-0.15, -0.1) is 0 Å². The quantitative estimate of drug-likeness (QED) is 0.924. The fourth-order valence-corrected chi connectivity index (χ4v) is 3.11.